The Hall–Kier alpha value is 0.140. The van der Waals surface area contributed by atoms with E-state index in [0.717, 1.165) is 18.4 Å². The van der Waals surface area contributed by atoms with Crippen molar-refractivity contribution in [3.8, 4) is 0 Å². The molecule has 21 heavy (non-hydrogen) atoms. The monoisotopic (exact) mass is 371 g/mol. The Kier molecular flexibility index (Phi) is 6.34. The van der Waals surface area contributed by atoms with Gasteiger partial charge in [0.25, 0.3) is 0 Å². The van der Waals surface area contributed by atoms with E-state index in [9.17, 15) is 0 Å². The minimum absolute atomic E-state index is 0.482. The van der Waals surface area contributed by atoms with Crippen molar-refractivity contribution in [3.63, 3.8) is 0 Å². The lowest BCUT2D eigenvalue weighted by molar-refractivity contribution is 0.133. The summed E-state index contributed by atoms with van der Waals surface area (Å²) >= 11 is 5.57. The van der Waals surface area contributed by atoms with E-state index in [4.69, 9.17) is 0 Å². The van der Waals surface area contributed by atoms with Gasteiger partial charge in [-0.15, -0.1) is 11.3 Å². The number of halogens is 1. The number of hydrogen-bond acceptors (Lipinski definition) is 2. The average molecular weight is 372 g/mol. The van der Waals surface area contributed by atoms with Crippen molar-refractivity contribution in [3.05, 3.63) is 20.8 Å². The van der Waals surface area contributed by atoms with E-state index < -0.39 is 0 Å². The average Bonchev–Trinajstić information content (AvgIpc) is 2.83. The van der Waals surface area contributed by atoms with Gasteiger partial charge in [0.15, 0.2) is 0 Å². The molecule has 2 rings (SSSR count). The maximum atomic E-state index is 3.76. The maximum absolute atomic E-state index is 3.76. The summed E-state index contributed by atoms with van der Waals surface area (Å²) in [5.74, 6) is 1.75. The molecule has 1 nitrogen and oxygen atoms in total. The molecule has 1 heterocycles. The first kappa shape index (κ1) is 17.5. The van der Waals surface area contributed by atoms with Gasteiger partial charge < -0.3 is 5.32 Å². The number of hydrogen-bond donors (Lipinski definition) is 1. The summed E-state index contributed by atoms with van der Waals surface area (Å²) in [6, 6.07) is 2.82. The highest BCUT2D eigenvalue weighted by Gasteiger charge is 2.32. The third-order valence-corrected chi connectivity index (χ3v) is 7.08. The minimum atomic E-state index is 0.482. The summed E-state index contributed by atoms with van der Waals surface area (Å²) < 4.78 is 1.29. The Bertz CT molecular complexity index is 427. The molecule has 0 radical (unpaired) electrons. The van der Waals surface area contributed by atoms with Gasteiger partial charge in [-0.05, 0) is 83.3 Å². The van der Waals surface area contributed by atoms with Gasteiger partial charge >= 0.3 is 0 Å². The third-order valence-electron chi connectivity index (χ3n) is 5.13. The lowest BCUT2D eigenvalue weighted by Gasteiger charge is -2.39. The maximum Gasteiger partial charge on any atom is 0.0314 e. The molecule has 120 valence electrons. The molecule has 1 unspecified atom stereocenters. The van der Waals surface area contributed by atoms with Crippen molar-refractivity contribution in [2.45, 2.75) is 65.8 Å². The molecular formula is C18H30BrNS. The van der Waals surface area contributed by atoms with Gasteiger partial charge in [-0.2, -0.15) is 0 Å². The van der Waals surface area contributed by atoms with Crippen LogP contribution in [0.2, 0.25) is 0 Å². The van der Waals surface area contributed by atoms with E-state index in [0.29, 0.717) is 11.5 Å². The summed E-state index contributed by atoms with van der Waals surface area (Å²) in [6.07, 6.45) is 6.77. The fraction of sp³-hybridized carbons (Fsp3) is 0.778. The molecule has 1 aliphatic rings. The number of likely N-dealkylation sites (N-methyl/N-ethyl adjacent to an activating group) is 1. The Morgan fingerprint density at radius 2 is 1.95 bits per heavy atom. The lowest BCUT2D eigenvalue weighted by Crippen LogP contribution is -2.40. The zero-order chi connectivity index (χ0) is 15.5. The summed E-state index contributed by atoms with van der Waals surface area (Å²) in [7, 11) is 0. The fourth-order valence-corrected chi connectivity index (χ4v) is 5.30. The predicted molar refractivity (Wildman–Crippen MR) is 98.1 cm³/mol. The summed E-state index contributed by atoms with van der Waals surface area (Å²) in [6.45, 7) is 10.5. The summed E-state index contributed by atoms with van der Waals surface area (Å²) in [4.78, 5) is 1.50. The van der Waals surface area contributed by atoms with Crippen LogP contribution in [0.3, 0.4) is 0 Å². The highest BCUT2D eigenvalue weighted by atomic mass is 79.9. The number of nitrogens with one attached hydrogen (secondary N) is 1. The van der Waals surface area contributed by atoms with Crippen LogP contribution < -0.4 is 5.32 Å². The third kappa shape index (κ3) is 4.80. The quantitative estimate of drug-likeness (QED) is 0.680. The number of thiophene rings is 1. The van der Waals surface area contributed by atoms with E-state index in [1.54, 1.807) is 0 Å². The molecule has 0 spiro atoms. The van der Waals surface area contributed by atoms with Gasteiger partial charge in [0.05, 0.1) is 0 Å². The molecule has 1 fully saturated rings. The zero-order valence-corrected chi connectivity index (χ0v) is 16.3. The minimum Gasteiger partial charge on any atom is -0.314 e. The normalized spacial score (nSPS) is 25.0. The molecular weight excluding hydrogens is 342 g/mol. The van der Waals surface area contributed by atoms with Crippen LogP contribution in [0.4, 0.5) is 0 Å². The van der Waals surface area contributed by atoms with E-state index in [-0.39, 0.29) is 0 Å². The van der Waals surface area contributed by atoms with Gasteiger partial charge in [0, 0.05) is 15.4 Å². The van der Waals surface area contributed by atoms with Crippen molar-refractivity contribution in [1.29, 1.82) is 0 Å². The molecule has 0 aromatic carbocycles. The smallest absolute Gasteiger partial charge is 0.0314 e. The van der Waals surface area contributed by atoms with Gasteiger partial charge in [0.1, 0.15) is 0 Å². The van der Waals surface area contributed by atoms with Crippen LogP contribution in [0.25, 0.3) is 0 Å². The van der Waals surface area contributed by atoms with Crippen molar-refractivity contribution in [2.24, 2.45) is 17.3 Å². The van der Waals surface area contributed by atoms with Crippen LogP contribution in [-0.4, -0.2) is 12.6 Å². The molecule has 1 N–H and O–H groups in total. The largest absolute Gasteiger partial charge is 0.314 e. The SMILES string of the molecule is CCNC(Cc1sccc1Br)C1CCC(C(C)(C)C)CC1. The Morgan fingerprint density at radius 3 is 2.43 bits per heavy atom. The van der Waals surface area contributed by atoms with Gasteiger partial charge in [0.2, 0.25) is 0 Å². The lowest BCUT2D eigenvalue weighted by atomic mass is 9.68. The molecule has 1 atom stereocenters. The van der Waals surface area contributed by atoms with E-state index in [2.05, 4.69) is 60.4 Å². The van der Waals surface area contributed by atoms with E-state index >= 15 is 0 Å². The first-order valence-electron chi connectivity index (χ1n) is 8.37. The Balaban J connectivity index is 1.95. The Morgan fingerprint density at radius 1 is 1.29 bits per heavy atom. The standard InChI is InChI=1S/C18H30BrNS/c1-5-20-16(12-17-15(19)10-11-21-17)13-6-8-14(9-7-13)18(2,3)4/h10-11,13-14,16,20H,5-9,12H2,1-4H3. The molecule has 0 bridgehead atoms. The summed E-state index contributed by atoms with van der Waals surface area (Å²) in [5.41, 5.74) is 0.482. The van der Waals surface area contributed by atoms with Crippen molar-refractivity contribution in [2.75, 3.05) is 6.54 Å². The first-order chi connectivity index (χ1) is 9.91. The molecule has 1 aromatic rings. The van der Waals surface area contributed by atoms with Crippen LogP contribution in [0.5, 0.6) is 0 Å². The van der Waals surface area contributed by atoms with Gasteiger partial charge in [-0.25, -0.2) is 0 Å². The second-order valence-electron chi connectivity index (χ2n) is 7.54. The fourth-order valence-electron chi connectivity index (χ4n) is 3.73. The van der Waals surface area contributed by atoms with Crippen LogP contribution in [0.1, 0.15) is 58.3 Å². The molecule has 1 aromatic heterocycles. The van der Waals surface area contributed by atoms with Crippen molar-refractivity contribution < 1.29 is 0 Å². The first-order valence-corrected chi connectivity index (χ1v) is 10.0. The van der Waals surface area contributed by atoms with Crippen LogP contribution in [-0.2, 0) is 6.42 Å². The summed E-state index contributed by atoms with van der Waals surface area (Å²) in [5, 5.41) is 5.95. The Labute approximate surface area is 143 Å². The highest BCUT2D eigenvalue weighted by molar-refractivity contribution is 9.10. The van der Waals surface area contributed by atoms with Crippen molar-refractivity contribution in [1.82, 2.24) is 5.32 Å². The molecule has 3 heteroatoms. The van der Waals surface area contributed by atoms with Crippen molar-refractivity contribution >= 4 is 27.3 Å². The topological polar surface area (TPSA) is 12.0 Å². The molecule has 0 aliphatic heterocycles. The predicted octanol–water partition coefficient (Wildman–Crippen LogP) is 5.88. The van der Waals surface area contributed by atoms with E-state index in [1.807, 2.05) is 11.3 Å². The zero-order valence-electron chi connectivity index (χ0n) is 13.9. The number of rotatable bonds is 5. The van der Waals surface area contributed by atoms with Crippen LogP contribution in [0.15, 0.2) is 15.9 Å². The molecule has 1 saturated carbocycles. The molecule has 1 aliphatic carbocycles. The van der Waals surface area contributed by atoms with Crippen LogP contribution >= 0.6 is 27.3 Å². The van der Waals surface area contributed by atoms with Gasteiger partial charge in [-0.3, -0.25) is 0 Å². The molecule has 0 saturated heterocycles. The van der Waals surface area contributed by atoms with Crippen LogP contribution in [0, 0.1) is 17.3 Å². The second-order valence-corrected chi connectivity index (χ2v) is 9.39. The van der Waals surface area contributed by atoms with E-state index in [1.165, 1.54) is 41.5 Å². The highest BCUT2D eigenvalue weighted by Crippen LogP contribution is 2.41. The molecule has 0 amide bonds. The second kappa shape index (κ2) is 7.61. The van der Waals surface area contributed by atoms with Gasteiger partial charge in [-0.1, -0.05) is 27.7 Å².